The van der Waals surface area contributed by atoms with Gasteiger partial charge in [-0.2, -0.15) is 13.2 Å². The number of amides is 2. The van der Waals surface area contributed by atoms with Crippen molar-refractivity contribution < 1.29 is 27.9 Å². The first kappa shape index (κ1) is 23.8. The number of hydrogen-bond acceptors (Lipinski definition) is 7. The topological polar surface area (TPSA) is 104 Å². The van der Waals surface area contributed by atoms with Crippen molar-refractivity contribution in [2.45, 2.75) is 18.5 Å². The van der Waals surface area contributed by atoms with Gasteiger partial charge in [0.1, 0.15) is 5.69 Å². The number of aliphatic hydroxyl groups is 1. The highest BCUT2D eigenvalue weighted by Crippen LogP contribution is 2.33. The van der Waals surface area contributed by atoms with E-state index in [1.807, 2.05) is 0 Å². The third-order valence-electron chi connectivity index (χ3n) is 4.89. The number of halogens is 3. The van der Waals surface area contributed by atoms with Crippen LogP contribution in [0.5, 0.6) is 0 Å². The molecule has 3 N–H and O–H groups in total. The van der Waals surface area contributed by atoms with E-state index in [1.54, 1.807) is 29.1 Å². The molecule has 0 aliphatic heterocycles. The predicted molar refractivity (Wildman–Crippen MR) is 124 cm³/mol. The molecule has 4 rings (SSSR count). The lowest BCUT2D eigenvalue weighted by atomic mass is 9.93. The SMILES string of the molecule is O=C(Nc1nc2ccc(NC(=O)C(CCO)c3cccc(C(F)(F)F)c3)cc2s1)c1cscn1. The molecular weight excluding hydrogens is 489 g/mol. The maximum atomic E-state index is 13.1. The smallest absolute Gasteiger partial charge is 0.396 e. The number of carbonyl (C=O) groups is 2. The molecule has 1 atom stereocenters. The number of carbonyl (C=O) groups excluding carboxylic acids is 2. The third kappa shape index (κ3) is 5.41. The zero-order valence-electron chi connectivity index (χ0n) is 17.3. The number of aromatic nitrogens is 2. The molecule has 0 bridgehead atoms. The van der Waals surface area contributed by atoms with E-state index in [0.717, 1.165) is 12.1 Å². The molecule has 7 nitrogen and oxygen atoms in total. The Morgan fingerprint density at radius 1 is 1.12 bits per heavy atom. The number of alkyl halides is 3. The fourth-order valence-corrected chi connectivity index (χ4v) is 4.71. The predicted octanol–water partition coefficient (Wildman–Crippen LogP) is 5.13. The summed E-state index contributed by atoms with van der Waals surface area (Å²) in [6.07, 6.45) is -4.58. The van der Waals surface area contributed by atoms with Gasteiger partial charge in [-0.25, -0.2) is 9.97 Å². The first-order chi connectivity index (χ1) is 16.2. The molecule has 1 unspecified atom stereocenters. The van der Waals surface area contributed by atoms with E-state index in [1.165, 1.54) is 34.8 Å². The molecule has 34 heavy (non-hydrogen) atoms. The van der Waals surface area contributed by atoms with Gasteiger partial charge in [0.25, 0.3) is 5.91 Å². The molecule has 2 aromatic heterocycles. The first-order valence-electron chi connectivity index (χ1n) is 9.93. The molecule has 176 valence electrons. The van der Waals surface area contributed by atoms with Gasteiger partial charge in [0.05, 0.1) is 27.2 Å². The fourth-order valence-electron chi connectivity index (χ4n) is 3.28. The normalized spacial score (nSPS) is 12.5. The number of benzene rings is 2. The molecule has 0 saturated carbocycles. The van der Waals surface area contributed by atoms with Crippen molar-refractivity contribution in [1.82, 2.24) is 9.97 Å². The zero-order valence-corrected chi connectivity index (χ0v) is 18.9. The quantitative estimate of drug-likeness (QED) is 0.322. The average molecular weight is 507 g/mol. The summed E-state index contributed by atoms with van der Waals surface area (Å²) in [6, 6.07) is 9.44. The molecule has 0 fully saturated rings. The zero-order chi connectivity index (χ0) is 24.3. The lowest BCUT2D eigenvalue weighted by Crippen LogP contribution is -2.22. The molecule has 4 aromatic rings. The van der Waals surface area contributed by atoms with Crippen LogP contribution in [0.25, 0.3) is 10.2 Å². The van der Waals surface area contributed by atoms with E-state index in [4.69, 9.17) is 0 Å². The Hall–Kier alpha value is -3.35. The molecule has 0 radical (unpaired) electrons. The molecule has 2 amide bonds. The Kier molecular flexibility index (Phi) is 6.91. The highest BCUT2D eigenvalue weighted by molar-refractivity contribution is 7.22. The second-order valence-corrected chi connectivity index (χ2v) is 8.96. The van der Waals surface area contributed by atoms with Crippen molar-refractivity contribution in [2.24, 2.45) is 0 Å². The summed E-state index contributed by atoms with van der Waals surface area (Å²) in [4.78, 5) is 33.4. The van der Waals surface area contributed by atoms with Gasteiger partial charge in [-0.15, -0.1) is 11.3 Å². The van der Waals surface area contributed by atoms with Crippen LogP contribution in [0.1, 0.15) is 34.0 Å². The Labute approximate surface area is 199 Å². The summed E-state index contributed by atoms with van der Waals surface area (Å²) in [6.45, 7) is -0.371. The fraction of sp³-hybridized carbons (Fsp3) is 0.182. The van der Waals surface area contributed by atoms with Gasteiger partial charge in [0.15, 0.2) is 5.13 Å². The van der Waals surface area contributed by atoms with Gasteiger partial charge >= 0.3 is 6.18 Å². The van der Waals surface area contributed by atoms with Crippen LogP contribution < -0.4 is 10.6 Å². The minimum absolute atomic E-state index is 0.0389. The maximum absolute atomic E-state index is 13.1. The summed E-state index contributed by atoms with van der Waals surface area (Å²) in [5.74, 6) is -1.91. The van der Waals surface area contributed by atoms with Crippen LogP contribution in [0.15, 0.2) is 53.4 Å². The van der Waals surface area contributed by atoms with E-state index in [-0.39, 0.29) is 30.2 Å². The molecule has 2 aromatic carbocycles. The van der Waals surface area contributed by atoms with Crippen molar-refractivity contribution in [1.29, 1.82) is 0 Å². The molecule has 0 spiro atoms. The number of nitrogens with one attached hydrogen (secondary N) is 2. The van der Waals surface area contributed by atoms with Crippen molar-refractivity contribution >= 4 is 55.5 Å². The van der Waals surface area contributed by atoms with Gasteiger partial charge in [0.2, 0.25) is 5.91 Å². The Balaban J connectivity index is 1.52. The highest BCUT2D eigenvalue weighted by atomic mass is 32.1. The number of aliphatic hydroxyl groups excluding tert-OH is 1. The monoisotopic (exact) mass is 506 g/mol. The minimum atomic E-state index is -4.54. The number of hydrogen-bond donors (Lipinski definition) is 3. The second kappa shape index (κ2) is 9.87. The highest BCUT2D eigenvalue weighted by Gasteiger charge is 2.32. The largest absolute Gasteiger partial charge is 0.416 e. The van der Waals surface area contributed by atoms with Gasteiger partial charge in [-0.1, -0.05) is 29.5 Å². The lowest BCUT2D eigenvalue weighted by Gasteiger charge is -2.18. The molecular formula is C22H17F3N4O3S2. The van der Waals surface area contributed by atoms with Crippen LogP contribution in [0.3, 0.4) is 0 Å². The molecule has 0 aliphatic rings. The van der Waals surface area contributed by atoms with Crippen LogP contribution in [0, 0.1) is 0 Å². The Morgan fingerprint density at radius 3 is 2.65 bits per heavy atom. The Morgan fingerprint density at radius 2 is 1.94 bits per heavy atom. The molecule has 12 heteroatoms. The first-order valence-corrected chi connectivity index (χ1v) is 11.7. The number of anilines is 2. The van der Waals surface area contributed by atoms with Crippen molar-refractivity contribution in [3.63, 3.8) is 0 Å². The van der Waals surface area contributed by atoms with Crippen LogP contribution in [0.4, 0.5) is 24.0 Å². The molecule has 0 aliphatic carbocycles. The van der Waals surface area contributed by atoms with Crippen LogP contribution >= 0.6 is 22.7 Å². The summed E-state index contributed by atoms with van der Waals surface area (Å²) in [5.41, 5.74) is 2.13. The number of fused-ring (bicyclic) bond motifs is 1. The van der Waals surface area contributed by atoms with Crippen LogP contribution in [-0.2, 0) is 11.0 Å². The summed E-state index contributed by atoms with van der Waals surface area (Å²) in [5, 5.41) is 16.7. The molecule has 0 saturated heterocycles. The van der Waals surface area contributed by atoms with Crippen molar-refractivity contribution in [2.75, 3.05) is 17.2 Å². The Bertz CT molecular complexity index is 1320. The summed E-state index contributed by atoms with van der Waals surface area (Å²) >= 11 is 2.50. The maximum Gasteiger partial charge on any atom is 0.416 e. The summed E-state index contributed by atoms with van der Waals surface area (Å²) in [7, 11) is 0. The van der Waals surface area contributed by atoms with Crippen LogP contribution in [0.2, 0.25) is 0 Å². The van der Waals surface area contributed by atoms with Crippen molar-refractivity contribution in [3.8, 4) is 0 Å². The minimum Gasteiger partial charge on any atom is -0.396 e. The van der Waals surface area contributed by atoms with Gasteiger partial charge < -0.3 is 10.4 Å². The van der Waals surface area contributed by atoms with E-state index >= 15 is 0 Å². The van der Waals surface area contributed by atoms with E-state index in [9.17, 15) is 27.9 Å². The van der Waals surface area contributed by atoms with Gasteiger partial charge in [-0.3, -0.25) is 14.9 Å². The number of thiazole rings is 2. The summed E-state index contributed by atoms with van der Waals surface area (Å²) < 4.78 is 40.0. The average Bonchev–Trinajstić information content (AvgIpc) is 3.46. The van der Waals surface area contributed by atoms with E-state index < -0.39 is 23.6 Å². The van der Waals surface area contributed by atoms with Crippen LogP contribution in [-0.4, -0.2) is 33.5 Å². The molecule has 2 heterocycles. The third-order valence-corrected chi connectivity index (χ3v) is 6.41. The number of rotatable bonds is 7. The lowest BCUT2D eigenvalue weighted by molar-refractivity contribution is -0.137. The number of nitrogens with zero attached hydrogens (tertiary/aromatic N) is 2. The second-order valence-electron chi connectivity index (χ2n) is 7.21. The van der Waals surface area contributed by atoms with Gasteiger partial charge in [-0.05, 0) is 36.2 Å². The van der Waals surface area contributed by atoms with E-state index in [2.05, 4.69) is 20.6 Å². The van der Waals surface area contributed by atoms with Gasteiger partial charge in [0, 0.05) is 17.7 Å². The standard InChI is InChI=1S/C22H17F3N4O3S2/c23-22(24,25)13-3-1-2-12(8-13)15(6-7-30)19(31)27-14-4-5-16-18(9-14)34-21(28-16)29-20(32)17-10-33-11-26-17/h1-5,8-11,15,30H,6-7H2,(H,27,31)(H,28,29,32). The van der Waals surface area contributed by atoms with Crippen molar-refractivity contribution in [3.05, 3.63) is 70.2 Å². The van der Waals surface area contributed by atoms with E-state index in [0.29, 0.717) is 21.0 Å².